The zero-order valence-corrected chi connectivity index (χ0v) is 17.4. The molecule has 3 rings (SSSR count). The Morgan fingerprint density at radius 2 is 1.96 bits per heavy atom. The Hall–Kier alpha value is -2.50. The van der Waals surface area contributed by atoms with Crippen LogP contribution in [0.4, 0.5) is 5.69 Å². The molecule has 1 fully saturated rings. The second-order valence-corrected chi connectivity index (χ2v) is 7.83. The molecule has 1 aromatic carbocycles. The highest BCUT2D eigenvalue weighted by Gasteiger charge is 2.20. The second-order valence-electron chi connectivity index (χ2n) is 7.83. The number of hydrogen-bond acceptors (Lipinski definition) is 3. The normalized spacial score (nSPS) is 15.9. The number of aliphatic imine (C=N–C) groups is 1. The molecule has 1 aromatic heterocycles. The van der Waals surface area contributed by atoms with Gasteiger partial charge in [0.25, 0.3) is 0 Å². The summed E-state index contributed by atoms with van der Waals surface area (Å²) in [5, 5.41) is 7.01. The van der Waals surface area contributed by atoms with E-state index in [1.54, 1.807) is 0 Å². The minimum atomic E-state index is 0.452. The zero-order chi connectivity index (χ0) is 19.8. The molecule has 0 bridgehead atoms. The van der Waals surface area contributed by atoms with Gasteiger partial charge in [-0.1, -0.05) is 32.0 Å². The van der Waals surface area contributed by atoms with Crippen molar-refractivity contribution >= 4 is 11.6 Å². The van der Waals surface area contributed by atoms with E-state index in [0.717, 1.165) is 50.8 Å². The van der Waals surface area contributed by atoms with Crippen LogP contribution in [0.5, 0.6) is 0 Å². The lowest BCUT2D eigenvalue weighted by molar-refractivity contribution is 0.461. The Balaban J connectivity index is 1.55. The van der Waals surface area contributed by atoms with Crippen LogP contribution in [0.15, 0.2) is 47.7 Å². The molecule has 2 N–H and O–H groups in total. The molecule has 152 valence electrons. The van der Waals surface area contributed by atoms with Gasteiger partial charge in [-0.3, -0.25) is 0 Å². The van der Waals surface area contributed by atoms with Crippen LogP contribution in [-0.2, 0) is 13.1 Å². The van der Waals surface area contributed by atoms with E-state index in [4.69, 9.17) is 4.99 Å². The number of benzene rings is 1. The van der Waals surface area contributed by atoms with Crippen molar-refractivity contribution < 1.29 is 0 Å². The van der Waals surface area contributed by atoms with Crippen molar-refractivity contribution in [1.82, 2.24) is 20.2 Å². The Bertz CT molecular complexity index is 728. The first-order valence-corrected chi connectivity index (χ1v) is 10.5. The number of guanidine groups is 1. The Kier molecular flexibility index (Phi) is 7.34. The Labute approximate surface area is 169 Å². The molecule has 6 nitrogen and oxygen atoms in total. The molecule has 2 heterocycles. The third-order valence-corrected chi connectivity index (χ3v) is 5.04. The van der Waals surface area contributed by atoms with Gasteiger partial charge in [0.1, 0.15) is 12.4 Å². The van der Waals surface area contributed by atoms with E-state index in [1.165, 1.54) is 5.69 Å². The summed E-state index contributed by atoms with van der Waals surface area (Å²) in [6.07, 6.45) is 6.14. The first-order valence-electron chi connectivity index (χ1n) is 10.5. The van der Waals surface area contributed by atoms with Gasteiger partial charge in [-0.2, -0.15) is 0 Å². The minimum absolute atomic E-state index is 0.452. The van der Waals surface area contributed by atoms with Crippen molar-refractivity contribution in [2.45, 2.75) is 52.7 Å². The van der Waals surface area contributed by atoms with Gasteiger partial charge in [-0.15, -0.1) is 0 Å². The lowest BCUT2D eigenvalue weighted by Gasteiger charge is -2.34. The molecular weight excluding hydrogens is 348 g/mol. The molecule has 0 spiro atoms. The van der Waals surface area contributed by atoms with Gasteiger partial charge in [0.05, 0.1) is 0 Å². The van der Waals surface area contributed by atoms with E-state index in [-0.39, 0.29) is 0 Å². The average Bonchev–Trinajstić information content (AvgIpc) is 3.14. The van der Waals surface area contributed by atoms with Gasteiger partial charge in [0, 0.05) is 50.3 Å². The maximum Gasteiger partial charge on any atom is 0.191 e. The number of para-hydroxylation sites is 1. The van der Waals surface area contributed by atoms with Crippen LogP contribution >= 0.6 is 0 Å². The molecule has 0 amide bonds. The highest BCUT2D eigenvalue weighted by Crippen LogP contribution is 2.19. The fourth-order valence-electron chi connectivity index (χ4n) is 3.64. The molecule has 6 heteroatoms. The standard InChI is InChI=1S/C22H34N6/c1-4-23-22(25-16-21-24-12-15-28(21)17-18(2)3)26-19-10-13-27(14-11-19)20-8-6-5-7-9-20/h5-9,12,15,18-19H,4,10-11,13-14,16-17H2,1-3H3,(H2,23,25,26). The SMILES string of the molecule is CCNC(=NCc1nccn1CC(C)C)NC1CCN(c2ccccc2)CC1. The van der Waals surface area contributed by atoms with Crippen molar-refractivity contribution in [3.63, 3.8) is 0 Å². The summed E-state index contributed by atoms with van der Waals surface area (Å²) >= 11 is 0. The molecule has 1 saturated heterocycles. The van der Waals surface area contributed by atoms with Gasteiger partial charge >= 0.3 is 0 Å². The predicted octanol–water partition coefficient (Wildman–Crippen LogP) is 3.26. The summed E-state index contributed by atoms with van der Waals surface area (Å²) in [4.78, 5) is 11.7. The fourth-order valence-corrected chi connectivity index (χ4v) is 3.64. The van der Waals surface area contributed by atoms with E-state index in [1.807, 2.05) is 12.4 Å². The van der Waals surface area contributed by atoms with Crippen LogP contribution in [0.25, 0.3) is 0 Å². The molecule has 0 unspecified atom stereocenters. The van der Waals surface area contributed by atoms with E-state index in [2.05, 4.69) is 76.2 Å². The molecule has 1 aliphatic heterocycles. The van der Waals surface area contributed by atoms with E-state index < -0.39 is 0 Å². The molecular formula is C22H34N6. The van der Waals surface area contributed by atoms with Gasteiger partial charge in [-0.05, 0) is 37.8 Å². The molecule has 2 aromatic rings. The lowest BCUT2D eigenvalue weighted by Crippen LogP contribution is -2.48. The molecule has 0 saturated carbocycles. The first kappa shape index (κ1) is 20.2. The number of rotatable bonds is 7. The number of nitrogens with zero attached hydrogens (tertiary/aromatic N) is 4. The summed E-state index contributed by atoms with van der Waals surface area (Å²) in [6, 6.07) is 11.1. The van der Waals surface area contributed by atoms with Crippen LogP contribution < -0.4 is 15.5 Å². The third-order valence-electron chi connectivity index (χ3n) is 5.04. The lowest BCUT2D eigenvalue weighted by atomic mass is 10.0. The van der Waals surface area contributed by atoms with Crippen molar-refractivity contribution in [2.75, 3.05) is 24.5 Å². The highest BCUT2D eigenvalue weighted by atomic mass is 15.2. The summed E-state index contributed by atoms with van der Waals surface area (Å²) < 4.78 is 2.20. The molecule has 1 aliphatic rings. The molecule has 0 radical (unpaired) electrons. The van der Waals surface area contributed by atoms with Crippen molar-refractivity contribution in [3.8, 4) is 0 Å². The predicted molar refractivity (Wildman–Crippen MR) is 117 cm³/mol. The van der Waals surface area contributed by atoms with E-state index >= 15 is 0 Å². The number of piperidine rings is 1. The van der Waals surface area contributed by atoms with E-state index in [0.29, 0.717) is 18.5 Å². The fraction of sp³-hybridized carbons (Fsp3) is 0.545. The maximum absolute atomic E-state index is 4.79. The largest absolute Gasteiger partial charge is 0.371 e. The summed E-state index contributed by atoms with van der Waals surface area (Å²) in [6.45, 7) is 11.1. The van der Waals surface area contributed by atoms with Crippen LogP contribution in [0, 0.1) is 5.92 Å². The summed E-state index contributed by atoms with van der Waals surface area (Å²) in [5.74, 6) is 2.50. The third kappa shape index (κ3) is 5.75. The minimum Gasteiger partial charge on any atom is -0.371 e. The molecule has 28 heavy (non-hydrogen) atoms. The Morgan fingerprint density at radius 3 is 2.64 bits per heavy atom. The monoisotopic (exact) mass is 382 g/mol. The number of anilines is 1. The second kappa shape index (κ2) is 10.2. The number of nitrogens with one attached hydrogen (secondary N) is 2. The molecule has 0 aliphatic carbocycles. The van der Waals surface area contributed by atoms with Gasteiger partial charge < -0.3 is 20.1 Å². The van der Waals surface area contributed by atoms with Gasteiger partial charge in [0.15, 0.2) is 5.96 Å². The first-order chi connectivity index (χ1) is 13.7. The van der Waals surface area contributed by atoms with Crippen molar-refractivity contribution in [1.29, 1.82) is 0 Å². The maximum atomic E-state index is 4.79. The Morgan fingerprint density at radius 1 is 1.21 bits per heavy atom. The molecule has 0 atom stereocenters. The highest BCUT2D eigenvalue weighted by molar-refractivity contribution is 5.80. The van der Waals surface area contributed by atoms with Gasteiger partial charge in [0.2, 0.25) is 0 Å². The smallest absolute Gasteiger partial charge is 0.191 e. The van der Waals surface area contributed by atoms with Crippen molar-refractivity contribution in [2.24, 2.45) is 10.9 Å². The summed E-state index contributed by atoms with van der Waals surface area (Å²) in [5.41, 5.74) is 1.32. The topological polar surface area (TPSA) is 57.5 Å². The number of aromatic nitrogens is 2. The zero-order valence-electron chi connectivity index (χ0n) is 17.4. The number of imidazole rings is 1. The average molecular weight is 383 g/mol. The van der Waals surface area contributed by atoms with Crippen LogP contribution in [0.3, 0.4) is 0 Å². The van der Waals surface area contributed by atoms with Crippen molar-refractivity contribution in [3.05, 3.63) is 48.5 Å². The summed E-state index contributed by atoms with van der Waals surface area (Å²) in [7, 11) is 0. The van der Waals surface area contributed by atoms with Crippen LogP contribution in [-0.4, -0.2) is 41.2 Å². The van der Waals surface area contributed by atoms with E-state index in [9.17, 15) is 0 Å². The van der Waals surface area contributed by atoms with Crippen LogP contribution in [0.1, 0.15) is 39.4 Å². The van der Waals surface area contributed by atoms with Gasteiger partial charge in [-0.25, -0.2) is 9.98 Å². The number of hydrogen-bond donors (Lipinski definition) is 2. The van der Waals surface area contributed by atoms with Crippen LogP contribution in [0.2, 0.25) is 0 Å². The quantitative estimate of drug-likeness (QED) is 0.570.